The monoisotopic (exact) mass is 236 g/mol. The van der Waals surface area contributed by atoms with Crippen LogP contribution in [0.25, 0.3) is 10.9 Å². The summed E-state index contributed by atoms with van der Waals surface area (Å²) in [6.45, 7) is 3.00. The predicted molar refractivity (Wildman–Crippen MR) is 76.6 cm³/mol. The Kier molecular flexibility index (Phi) is 2.56. The van der Waals surface area contributed by atoms with Crippen molar-refractivity contribution >= 4 is 16.6 Å². The highest BCUT2D eigenvalue weighted by atomic mass is 14.9. The van der Waals surface area contributed by atoms with Crippen LogP contribution in [0.15, 0.2) is 54.7 Å². The molecule has 0 aliphatic rings. The molecule has 3 aromatic rings. The largest absolute Gasteiger partial charge is 0.399 e. The van der Waals surface area contributed by atoms with Gasteiger partial charge in [0.05, 0.1) is 0 Å². The molecule has 0 fully saturated rings. The fourth-order valence-corrected chi connectivity index (χ4v) is 2.28. The van der Waals surface area contributed by atoms with Gasteiger partial charge in [0.1, 0.15) is 0 Å². The molecule has 0 radical (unpaired) electrons. The van der Waals surface area contributed by atoms with Gasteiger partial charge in [-0.3, -0.25) is 0 Å². The lowest BCUT2D eigenvalue weighted by molar-refractivity contribution is 0.837. The Hall–Kier alpha value is -2.22. The zero-order chi connectivity index (χ0) is 12.5. The van der Waals surface area contributed by atoms with Crippen LogP contribution in [0, 0.1) is 6.92 Å². The van der Waals surface area contributed by atoms with E-state index in [0.717, 1.165) is 12.2 Å². The molecule has 0 amide bonds. The van der Waals surface area contributed by atoms with E-state index in [9.17, 15) is 0 Å². The van der Waals surface area contributed by atoms with Gasteiger partial charge in [-0.15, -0.1) is 0 Å². The summed E-state index contributed by atoms with van der Waals surface area (Å²) >= 11 is 0. The number of benzene rings is 2. The molecule has 1 aromatic heterocycles. The second-order valence-corrected chi connectivity index (χ2v) is 4.75. The van der Waals surface area contributed by atoms with Gasteiger partial charge in [-0.25, -0.2) is 0 Å². The van der Waals surface area contributed by atoms with Crippen LogP contribution in [0.5, 0.6) is 0 Å². The highest BCUT2D eigenvalue weighted by molar-refractivity contribution is 5.80. The first-order chi connectivity index (χ1) is 8.72. The van der Waals surface area contributed by atoms with Crippen molar-refractivity contribution in [3.8, 4) is 0 Å². The van der Waals surface area contributed by atoms with Gasteiger partial charge in [0.15, 0.2) is 0 Å². The van der Waals surface area contributed by atoms with Crippen LogP contribution in [0.2, 0.25) is 0 Å². The Balaban J connectivity index is 1.97. The number of hydrogen-bond donors (Lipinski definition) is 1. The number of rotatable bonds is 2. The summed E-state index contributed by atoms with van der Waals surface area (Å²) in [4.78, 5) is 0. The molecule has 2 heteroatoms. The lowest BCUT2D eigenvalue weighted by Gasteiger charge is -2.06. The Morgan fingerprint density at radius 1 is 1.00 bits per heavy atom. The van der Waals surface area contributed by atoms with Crippen molar-refractivity contribution in [1.82, 2.24) is 4.57 Å². The summed E-state index contributed by atoms with van der Waals surface area (Å²) in [5, 5.41) is 1.30. The average molecular weight is 236 g/mol. The van der Waals surface area contributed by atoms with Gasteiger partial charge < -0.3 is 10.3 Å². The predicted octanol–water partition coefficient (Wildman–Crippen LogP) is 3.58. The Bertz CT molecular complexity index is 678. The second kappa shape index (κ2) is 4.22. The summed E-state index contributed by atoms with van der Waals surface area (Å²) < 4.78 is 2.26. The first-order valence-electron chi connectivity index (χ1n) is 6.12. The van der Waals surface area contributed by atoms with Crippen molar-refractivity contribution in [3.05, 3.63) is 65.9 Å². The lowest BCUT2D eigenvalue weighted by Crippen LogP contribution is -1.98. The molecule has 3 rings (SSSR count). The highest BCUT2D eigenvalue weighted by Crippen LogP contribution is 2.19. The van der Waals surface area contributed by atoms with E-state index in [0.29, 0.717) is 0 Å². The van der Waals surface area contributed by atoms with Crippen LogP contribution in [0.3, 0.4) is 0 Å². The fourth-order valence-electron chi connectivity index (χ4n) is 2.28. The summed E-state index contributed by atoms with van der Waals surface area (Å²) in [5.41, 5.74) is 10.4. The van der Waals surface area contributed by atoms with Crippen LogP contribution in [-0.2, 0) is 6.54 Å². The van der Waals surface area contributed by atoms with E-state index < -0.39 is 0 Å². The van der Waals surface area contributed by atoms with E-state index in [-0.39, 0.29) is 0 Å². The lowest BCUT2D eigenvalue weighted by atomic mass is 10.2. The number of nitrogen functional groups attached to an aromatic ring is 1. The molecule has 0 bridgehead atoms. The molecule has 0 saturated heterocycles. The minimum atomic E-state index is 0.812. The molecule has 1 heterocycles. The Morgan fingerprint density at radius 3 is 2.56 bits per heavy atom. The quantitative estimate of drug-likeness (QED) is 0.677. The summed E-state index contributed by atoms with van der Waals surface area (Å²) in [6.07, 6.45) is 2.14. The number of fused-ring (bicyclic) bond motifs is 1. The van der Waals surface area contributed by atoms with E-state index in [4.69, 9.17) is 5.73 Å². The molecule has 2 N–H and O–H groups in total. The van der Waals surface area contributed by atoms with Crippen molar-refractivity contribution in [1.29, 1.82) is 0 Å². The van der Waals surface area contributed by atoms with E-state index in [2.05, 4.69) is 54.1 Å². The number of aromatic nitrogens is 1. The van der Waals surface area contributed by atoms with Gasteiger partial charge in [0.25, 0.3) is 0 Å². The van der Waals surface area contributed by atoms with Gasteiger partial charge >= 0.3 is 0 Å². The van der Waals surface area contributed by atoms with Crippen molar-refractivity contribution < 1.29 is 0 Å². The topological polar surface area (TPSA) is 30.9 Å². The van der Waals surface area contributed by atoms with Gasteiger partial charge in [-0.2, -0.15) is 0 Å². The molecular weight excluding hydrogens is 220 g/mol. The maximum Gasteiger partial charge on any atom is 0.0483 e. The summed E-state index contributed by atoms with van der Waals surface area (Å²) in [6, 6.07) is 16.8. The van der Waals surface area contributed by atoms with E-state index in [1.165, 1.54) is 22.0 Å². The summed E-state index contributed by atoms with van der Waals surface area (Å²) in [7, 11) is 0. The molecule has 2 nitrogen and oxygen atoms in total. The number of anilines is 1. The van der Waals surface area contributed by atoms with Crippen molar-refractivity contribution in [2.24, 2.45) is 0 Å². The molecule has 0 aliphatic heterocycles. The molecule has 0 aliphatic carbocycles. The zero-order valence-corrected chi connectivity index (χ0v) is 10.4. The number of nitrogens with zero attached hydrogens (tertiary/aromatic N) is 1. The summed E-state index contributed by atoms with van der Waals surface area (Å²) in [5.74, 6) is 0. The third kappa shape index (κ3) is 1.97. The minimum absolute atomic E-state index is 0.812. The number of hydrogen-bond acceptors (Lipinski definition) is 1. The van der Waals surface area contributed by atoms with Crippen molar-refractivity contribution in [2.45, 2.75) is 13.5 Å². The standard InChI is InChI=1S/C16H16N2/c1-12-2-7-16-14(10-12)8-9-18(16)11-13-3-5-15(17)6-4-13/h2-10H,11,17H2,1H3. The van der Waals surface area contributed by atoms with Crippen LogP contribution >= 0.6 is 0 Å². The van der Waals surface area contributed by atoms with Gasteiger partial charge in [-0.1, -0.05) is 23.8 Å². The SMILES string of the molecule is Cc1ccc2c(ccn2Cc2ccc(N)cc2)c1. The van der Waals surface area contributed by atoms with Gasteiger partial charge in [0.2, 0.25) is 0 Å². The van der Waals surface area contributed by atoms with E-state index in [1.807, 2.05) is 12.1 Å². The Morgan fingerprint density at radius 2 is 1.78 bits per heavy atom. The molecular formula is C16H16N2. The molecule has 2 aromatic carbocycles. The Labute approximate surface area is 107 Å². The number of nitrogens with two attached hydrogens (primary N) is 1. The molecule has 90 valence electrons. The average Bonchev–Trinajstić information content (AvgIpc) is 2.74. The van der Waals surface area contributed by atoms with Crippen LogP contribution < -0.4 is 5.73 Å². The second-order valence-electron chi connectivity index (χ2n) is 4.75. The number of aryl methyl sites for hydroxylation is 1. The third-order valence-corrected chi connectivity index (χ3v) is 3.26. The maximum atomic E-state index is 5.70. The highest BCUT2D eigenvalue weighted by Gasteiger charge is 2.01. The fraction of sp³-hybridized carbons (Fsp3) is 0.125. The molecule has 0 saturated carbocycles. The van der Waals surface area contributed by atoms with Crippen molar-refractivity contribution in [3.63, 3.8) is 0 Å². The van der Waals surface area contributed by atoms with Gasteiger partial charge in [-0.05, 0) is 48.2 Å². The first kappa shape index (κ1) is 10.9. The minimum Gasteiger partial charge on any atom is -0.399 e. The molecule has 18 heavy (non-hydrogen) atoms. The van der Waals surface area contributed by atoms with E-state index >= 15 is 0 Å². The third-order valence-electron chi connectivity index (χ3n) is 3.26. The van der Waals surface area contributed by atoms with Gasteiger partial charge in [0, 0.05) is 23.9 Å². The zero-order valence-electron chi connectivity index (χ0n) is 10.4. The van der Waals surface area contributed by atoms with Crippen LogP contribution in [0.4, 0.5) is 5.69 Å². The van der Waals surface area contributed by atoms with Crippen molar-refractivity contribution in [2.75, 3.05) is 5.73 Å². The van der Waals surface area contributed by atoms with Crippen LogP contribution in [0.1, 0.15) is 11.1 Å². The smallest absolute Gasteiger partial charge is 0.0483 e. The maximum absolute atomic E-state index is 5.70. The molecule has 0 atom stereocenters. The normalized spacial score (nSPS) is 10.9. The van der Waals surface area contributed by atoms with E-state index in [1.54, 1.807) is 0 Å². The first-order valence-corrected chi connectivity index (χ1v) is 6.12. The van der Waals surface area contributed by atoms with Crippen LogP contribution in [-0.4, -0.2) is 4.57 Å². The molecule has 0 spiro atoms. The molecule has 0 unspecified atom stereocenters.